The zero-order valence-corrected chi connectivity index (χ0v) is 22.7. The lowest BCUT2D eigenvalue weighted by atomic mass is 9.70. The van der Waals surface area contributed by atoms with Gasteiger partial charge in [0.25, 0.3) is 0 Å². The zero-order valence-electron chi connectivity index (χ0n) is 22.7. The minimum Gasteiger partial charge on any atom is -0.465 e. The number of benzene rings is 1. The van der Waals surface area contributed by atoms with E-state index in [0.717, 1.165) is 18.4 Å². The third-order valence-electron chi connectivity index (χ3n) is 8.30. The molecule has 11 nitrogen and oxygen atoms in total. The Morgan fingerprint density at radius 1 is 1.23 bits per heavy atom. The SMILES string of the molecule is C=CCCCCOC(=O)[C@@H]1[C@@H]2CCC3(O2)C(C(=O)N(CC=C)Cn2nnc4ccccc42)N(CCCO)C(=O)[C@H]13. The number of fused-ring (bicyclic) bond motifs is 2. The predicted octanol–water partition coefficient (Wildman–Crippen LogP) is 2.06. The summed E-state index contributed by atoms with van der Waals surface area (Å²) in [4.78, 5) is 44.6. The van der Waals surface area contributed by atoms with Crippen LogP contribution in [0.4, 0.5) is 0 Å². The summed E-state index contributed by atoms with van der Waals surface area (Å²) in [5.41, 5.74) is 0.343. The van der Waals surface area contributed by atoms with E-state index in [2.05, 4.69) is 23.5 Å². The van der Waals surface area contributed by atoms with Crippen molar-refractivity contribution < 1.29 is 29.0 Å². The van der Waals surface area contributed by atoms with Crippen LogP contribution in [-0.4, -0.2) is 91.7 Å². The maximum atomic E-state index is 14.3. The van der Waals surface area contributed by atoms with Crippen LogP contribution in [0.1, 0.15) is 38.5 Å². The van der Waals surface area contributed by atoms with E-state index in [1.165, 1.54) is 4.90 Å². The van der Waals surface area contributed by atoms with Crippen molar-refractivity contribution in [2.75, 3.05) is 26.3 Å². The fourth-order valence-corrected chi connectivity index (χ4v) is 6.57. The van der Waals surface area contributed by atoms with Gasteiger partial charge in [-0.3, -0.25) is 14.4 Å². The van der Waals surface area contributed by atoms with E-state index in [1.54, 1.807) is 15.7 Å². The maximum absolute atomic E-state index is 14.3. The fourth-order valence-electron chi connectivity index (χ4n) is 6.57. The molecular weight excluding hydrogens is 514 g/mol. The van der Waals surface area contributed by atoms with Crippen molar-refractivity contribution in [2.24, 2.45) is 11.8 Å². The van der Waals surface area contributed by atoms with Crippen LogP contribution in [0.2, 0.25) is 0 Å². The number of hydrogen-bond donors (Lipinski definition) is 1. The summed E-state index contributed by atoms with van der Waals surface area (Å²) < 4.78 is 13.7. The van der Waals surface area contributed by atoms with Crippen LogP contribution < -0.4 is 0 Å². The topological polar surface area (TPSA) is 127 Å². The smallest absolute Gasteiger partial charge is 0.312 e. The molecule has 0 aliphatic carbocycles. The lowest BCUT2D eigenvalue weighted by molar-refractivity contribution is -0.155. The first-order valence-electron chi connectivity index (χ1n) is 14.0. The lowest BCUT2D eigenvalue weighted by Crippen LogP contribution is -2.56. The van der Waals surface area contributed by atoms with E-state index in [1.807, 2.05) is 30.3 Å². The molecule has 1 aromatic heterocycles. The van der Waals surface area contributed by atoms with Crippen LogP contribution in [0.3, 0.4) is 0 Å². The summed E-state index contributed by atoms with van der Waals surface area (Å²) in [7, 11) is 0. The number of hydrogen-bond acceptors (Lipinski definition) is 8. The molecule has 4 heterocycles. The lowest BCUT2D eigenvalue weighted by Gasteiger charge is -2.36. The summed E-state index contributed by atoms with van der Waals surface area (Å²) in [5.74, 6) is -2.63. The molecule has 1 N–H and O–H groups in total. The maximum Gasteiger partial charge on any atom is 0.312 e. The molecule has 0 radical (unpaired) electrons. The van der Waals surface area contributed by atoms with Crippen molar-refractivity contribution in [2.45, 2.75) is 62.9 Å². The summed E-state index contributed by atoms with van der Waals surface area (Å²) in [5, 5.41) is 18.0. The monoisotopic (exact) mass is 551 g/mol. The number of amides is 2. The molecule has 40 heavy (non-hydrogen) atoms. The quantitative estimate of drug-likeness (QED) is 0.215. The van der Waals surface area contributed by atoms with Gasteiger partial charge in [0.2, 0.25) is 11.8 Å². The number of unbranched alkanes of at least 4 members (excludes halogenated alkanes) is 2. The Balaban J connectivity index is 1.42. The number of esters is 1. The van der Waals surface area contributed by atoms with Crippen molar-refractivity contribution in [1.82, 2.24) is 24.8 Å². The highest BCUT2D eigenvalue weighted by Gasteiger charge is 2.75. The first kappa shape index (κ1) is 28.0. The largest absolute Gasteiger partial charge is 0.465 e. The molecule has 0 saturated carbocycles. The fraction of sp³-hybridized carbons (Fsp3) is 0.552. The van der Waals surface area contributed by atoms with Gasteiger partial charge in [0, 0.05) is 19.7 Å². The minimum atomic E-state index is -1.13. The normalized spacial score (nSPS) is 26.7. The Labute approximate surface area is 233 Å². The summed E-state index contributed by atoms with van der Waals surface area (Å²) in [6.07, 6.45) is 6.73. The first-order chi connectivity index (χ1) is 19.5. The Kier molecular flexibility index (Phi) is 8.32. The number of rotatable bonds is 14. The number of nitrogens with zero attached hydrogens (tertiary/aromatic N) is 5. The molecule has 3 fully saturated rings. The molecule has 1 aromatic carbocycles. The van der Waals surface area contributed by atoms with E-state index in [4.69, 9.17) is 9.47 Å². The van der Waals surface area contributed by atoms with Gasteiger partial charge in [-0.05, 0) is 50.7 Å². The number of ether oxygens (including phenoxy) is 2. The van der Waals surface area contributed by atoms with Crippen LogP contribution in [-0.2, 0) is 30.5 Å². The van der Waals surface area contributed by atoms with E-state index < -0.39 is 35.6 Å². The van der Waals surface area contributed by atoms with Gasteiger partial charge in [-0.15, -0.1) is 18.3 Å². The molecule has 2 unspecified atom stereocenters. The molecule has 3 aliphatic rings. The van der Waals surface area contributed by atoms with Gasteiger partial charge in [0.1, 0.15) is 23.8 Å². The van der Waals surface area contributed by atoms with Gasteiger partial charge in [0.05, 0.1) is 30.1 Å². The Morgan fingerprint density at radius 3 is 2.83 bits per heavy atom. The second kappa shape index (κ2) is 11.9. The Morgan fingerprint density at radius 2 is 2.05 bits per heavy atom. The number of carbonyl (C=O) groups is 3. The number of allylic oxidation sites excluding steroid dienone is 1. The highest BCUT2D eigenvalue weighted by atomic mass is 16.6. The van der Waals surface area contributed by atoms with Crippen molar-refractivity contribution >= 4 is 28.8 Å². The molecule has 214 valence electrons. The van der Waals surface area contributed by atoms with Gasteiger partial charge < -0.3 is 24.4 Å². The van der Waals surface area contributed by atoms with Gasteiger partial charge in [-0.25, -0.2) is 4.68 Å². The third-order valence-corrected chi connectivity index (χ3v) is 8.30. The van der Waals surface area contributed by atoms with Crippen LogP contribution in [0, 0.1) is 11.8 Å². The number of likely N-dealkylation sites (tertiary alicyclic amines) is 1. The third kappa shape index (κ3) is 4.81. The van der Waals surface area contributed by atoms with Gasteiger partial charge in [-0.1, -0.05) is 29.5 Å². The molecular formula is C29H37N5O6. The van der Waals surface area contributed by atoms with E-state index in [-0.39, 0.29) is 44.8 Å². The van der Waals surface area contributed by atoms with Gasteiger partial charge >= 0.3 is 5.97 Å². The van der Waals surface area contributed by atoms with Gasteiger partial charge in [0.15, 0.2) is 0 Å². The number of para-hydroxylation sites is 1. The highest BCUT2D eigenvalue weighted by Crippen LogP contribution is 2.58. The van der Waals surface area contributed by atoms with Crippen LogP contribution in [0.15, 0.2) is 49.6 Å². The van der Waals surface area contributed by atoms with Crippen molar-refractivity contribution in [3.8, 4) is 0 Å². The number of aromatic nitrogens is 3. The summed E-state index contributed by atoms with van der Waals surface area (Å²) >= 11 is 0. The summed E-state index contributed by atoms with van der Waals surface area (Å²) in [6.45, 7) is 8.16. The zero-order chi connectivity index (χ0) is 28.3. The molecule has 11 heteroatoms. The standard InChI is InChI=1S/C29H37N5O6/c1-3-5-6-9-18-39-28(38)23-22-13-14-29(40-22)24(23)26(36)33(16-10-17-35)25(29)27(37)32(15-4-2)19-34-21-12-8-7-11-20(21)30-31-34/h3-4,7-8,11-12,22-25,35H,1-2,5-6,9-10,13-19H2/t22-,23+,24-,25?,29?/m0/s1. The second-order valence-corrected chi connectivity index (χ2v) is 10.7. The highest BCUT2D eigenvalue weighted by molar-refractivity contribution is 5.98. The molecule has 2 amide bonds. The van der Waals surface area contributed by atoms with Crippen LogP contribution in [0.25, 0.3) is 11.0 Å². The van der Waals surface area contributed by atoms with E-state index in [9.17, 15) is 19.5 Å². The molecule has 2 aromatic rings. The molecule has 3 saturated heterocycles. The number of aliphatic hydroxyl groups excluding tert-OH is 1. The Bertz CT molecular complexity index is 1280. The molecule has 3 aliphatic heterocycles. The van der Waals surface area contributed by atoms with Crippen LogP contribution >= 0.6 is 0 Å². The Hall–Kier alpha value is -3.57. The minimum absolute atomic E-state index is 0.101. The van der Waals surface area contributed by atoms with E-state index >= 15 is 0 Å². The average molecular weight is 552 g/mol. The molecule has 1 spiro atoms. The molecule has 2 bridgehead atoms. The summed E-state index contributed by atoms with van der Waals surface area (Å²) in [6, 6.07) is 6.52. The molecule has 5 atom stereocenters. The van der Waals surface area contributed by atoms with Crippen molar-refractivity contribution in [3.05, 3.63) is 49.6 Å². The molecule has 5 rings (SSSR count). The van der Waals surface area contributed by atoms with E-state index in [0.29, 0.717) is 31.2 Å². The first-order valence-corrected chi connectivity index (χ1v) is 14.0. The number of aliphatic hydroxyl groups is 1. The van der Waals surface area contributed by atoms with Crippen molar-refractivity contribution in [1.29, 1.82) is 0 Å². The van der Waals surface area contributed by atoms with Gasteiger partial charge in [-0.2, -0.15) is 0 Å². The van der Waals surface area contributed by atoms with Crippen LogP contribution in [0.5, 0.6) is 0 Å². The second-order valence-electron chi connectivity index (χ2n) is 10.7. The van der Waals surface area contributed by atoms with Crippen molar-refractivity contribution in [3.63, 3.8) is 0 Å². The average Bonchev–Trinajstić information content (AvgIpc) is 3.70. The number of carbonyl (C=O) groups excluding carboxylic acids is 3. The predicted molar refractivity (Wildman–Crippen MR) is 145 cm³/mol.